The second kappa shape index (κ2) is 11.3. The highest BCUT2D eigenvalue weighted by Gasteiger charge is 2.27. The molecule has 1 aliphatic carbocycles. The van der Waals surface area contributed by atoms with Crippen molar-refractivity contribution >= 4 is 0 Å². The van der Waals surface area contributed by atoms with Crippen molar-refractivity contribution in [3.05, 3.63) is 88.5 Å². The number of hydrogen-bond acceptors (Lipinski definition) is 2. The quantitative estimate of drug-likeness (QED) is 0.300. The molecule has 1 saturated carbocycles. The van der Waals surface area contributed by atoms with Crippen LogP contribution in [0.4, 0.5) is 17.6 Å². The van der Waals surface area contributed by atoms with Crippen LogP contribution in [-0.4, -0.2) is 13.2 Å². The Hall–Kier alpha value is -2.86. The van der Waals surface area contributed by atoms with Crippen LogP contribution in [0.5, 0.6) is 5.75 Å². The topological polar surface area (TPSA) is 18.5 Å². The molecule has 0 atom stereocenters. The van der Waals surface area contributed by atoms with Crippen LogP contribution < -0.4 is 4.74 Å². The Morgan fingerprint density at radius 3 is 2.17 bits per heavy atom. The van der Waals surface area contributed by atoms with Crippen LogP contribution in [0.3, 0.4) is 0 Å². The third-order valence-corrected chi connectivity index (χ3v) is 6.82. The monoisotopic (exact) mass is 486 g/mol. The molecule has 0 amide bonds. The first kappa shape index (κ1) is 25.2. The Morgan fingerprint density at radius 1 is 0.771 bits per heavy atom. The second-order valence-electron chi connectivity index (χ2n) is 9.21. The van der Waals surface area contributed by atoms with Crippen molar-refractivity contribution in [1.82, 2.24) is 0 Å². The summed E-state index contributed by atoms with van der Waals surface area (Å²) >= 11 is 0. The molecule has 0 saturated heterocycles. The largest absolute Gasteiger partial charge is 0.490 e. The maximum Gasteiger partial charge on any atom is 0.201 e. The average molecular weight is 487 g/mol. The second-order valence-corrected chi connectivity index (χ2v) is 9.21. The zero-order chi connectivity index (χ0) is 24.9. The third-order valence-electron chi connectivity index (χ3n) is 6.82. The minimum absolute atomic E-state index is 0.0484. The maximum absolute atomic E-state index is 14.7. The van der Waals surface area contributed by atoms with Gasteiger partial charge in [0.15, 0.2) is 23.2 Å². The smallest absolute Gasteiger partial charge is 0.201 e. The summed E-state index contributed by atoms with van der Waals surface area (Å²) in [5.41, 5.74) is 2.44. The lowest BCUT2D eigenvalue weighted by Crippen LogP contribution is -2.20. The molecule has 0 heterocycles. The van der Waals surface area contributed by atoms with Crippen LogP contribution in [0.1, 0.15) is 55.2 Å². The molecular formula is C29H30F4O2. The lowest BCUT2D eigenvalue weighted by Gasteiger charge is -2.29. The molecule has 0 unspecified atom stereocenters. The van der Waals surface area contributed by atoms with Crippen LogP contribution in [0.2, 0.25) is 0 Å². The van der Waals surface area contributed by atoms with E-state index in [9.17, 15) is 17.6 Å². The Kier molecular flexibility index (Phi) is 8.11. The first-order valence-electron chi connectivity index (χ1n) is 12.1. The molecule has 0 aromatic heterocycles. The number of halogens is 4. The van der Waals surface area contributed by atoms with Gasteiger partial charge in [0.2, 0.25) is 5.82 Å². The minimum atomic E-state index is -0.999. The summed E-state index contributed by atoms with van der Waals surface area (Å²) in [6, 6.07) is 13.5. The fourth-order valence-corrected chi connectivity index (χ4v) is 4.69. The van der Waals surface area contributed by atoms with E-state index >= 15 is 0 Å². The fraction of sp³-hybridized carbons (Fsp3) is 0.379. The average Bonchev–Trinajstić information content (AvgIpc) is 2.87. The Balaban J connectivity index is 1.35. The van der Waals surface area contributed by atoms with Crippen molar-refractivity contribution in [2.75, 3.05) is 13.2 Å². The van der Waals surface area contributed by atoms with E-state index in [1.807, 2.05) is 19.1 Å². The van der Waals surface area contributed by atoms with Crippen molar-refractivity contribution in [2.45, 2.75) is 52.1 Å². The lowest BCUT2D eigenvalue weighted by molar-refractivity contribution is 0.130. The van der Waals surface area contributed by atoms with Gasteiger partial charge in [0.25, 0.3) is 0 Å². The molecule has 2 nitrogen and oxygen atoms in total. The van der Waals surface area contributed by atoms with E-state index in [4.69, 9.17) is 9.47 Å². The van der Waals surface area contributed by atoms with Crippen LogP contribution in [0, 0.1) is 36.1 Å². The van der Waals surface area contributed by atoms with E-state index in [0.717, 1.165) is 18.4 Å². The lowest BCUT2D eigenvalue weighted by atomic mass is 9.78. The molecule has 6 heteroatoms. The van der Waals surface area contributed by atoms with Gasteiger partial charge in [-0.3, -0.25) is 0 Å². The SMILES string of the molecule is CCOCc1ccc(C2CCC(COc3ccc(-c4ccc(C)cc4)c(F)c3F)CC2)c(F)c1F. The molecule has 0 bridgehead atoms. The van der Waals surface area contributed by atoms with Gasteiger partial charge < -0.3 is 9.47 Å². The predicted octanol–water partition coefficient (Wildman–Crippen LogP) is 8.11. The Bertz CT molecular complexity index is 1150. The van der Waals surface area contributed by atoms with Crippen molar-refractivity contribution in [1.29, 1.82) is 0 Å². The Morgan fingerprint density at radius 2 is 1.49 bits per heavy atom. The van der Waals surface area contributed by atoms with Crippen LogP contribution in [0.15, 0.2) is 48.5 Å². The number of aryl methyl sites for hydroxylation is 1. The molecule has 1 aliphatic rings. The van der Waals surface area contributed by atoms with Gasteiger partial charge in [-0.2, -0.15) is 4.39 Å². The van der Waals surface area contributed by atoms with E-state index in [0.29, 0.717) is 30.6 Å². The predicted molar refractivity (Wildman–Crippen MR) is 128 cm³/mol. The Labute approximate surface area is 203 Å². The zero-order valence-corrected chi connectivity index (χ0v) is 20.1. The molecule has 0 N–H and O–H groups in total. The molecule has 35 heavy (non-hydrogen) atoms. The third kappa shape index (κ3) is 5.69. The van der Waals surface area contributed by atoms with Gasteiger partial charge in [0.05, 0.1) is 13.2 Å². The van der Waals surface area contributed by atoms with E-state index in [1.54, 1.807) is 31.2 Å². The zero-order valence-electron chi connectivity index (χ0n) is 20.1. The molecule has 0 aliphatic heterocycles. The van der Waals surface area contributed by atoms with Gasteiger partial charge in [-0.1, -0.05) is 42.0 Å². The highest BCUT2D eigenvalue weighted by atomic mass is 19.2. The van der Waals surface area contributed by atoms with Gasteiger partial charge >= 0.3 is 0 Å². The van der Waals surface area contributed by atoms with Gasteiger partial charge in [0, 0.05) is 17.7 Å². The van der Waals surface area contributed by atoms with Crippen LogP contribution in [-0.2, 0) is 11.3 Å². The van der Waals surface area contributed by atoms with Gasteiger partial charge in [-0.05, 0) is 74.6 Å². The summed E-state index contributed by atoms with van der Waals surface area (Å²) < 4.78 is 69.3. The van der Waals surface area contributed by atoms with Gasteiger partial charge in [0.1, 0.15) is 0 Å². The fourth-order valence-electron chi connectivity index (χ4n) is 4.69. The number of rotatable bonds is 8. The molecule has 4 rings (SSSR count). The van der Waals surface area contributed by atoms with Gasteiger partial charge in [-0.25, -0.2) is 13.2 Å². The highest BCUT2D eigenvalue weighted by molar-refractivity contribution is 5.65. The van der Waals surface area contributed by atoms with Crippen molar-refractivity contribution in [3.63, 3.8) is 0 Å². The number of benzene rings is 3. The molecule has 1 fully saturated rings. The highest BCUT2D eigenvalue weighted by Crippen LogP contribution is 2.38. The van der Waals surface area contributed by atoms with E-state index < -0.39 is 23.3 Å². The van der Waals surface area contributed by atoms with Crippen molar-refractivity contribution in [3.8, 4) is 16.9 Å². The summed E-state index contributed by atoms with van der Waals surface area (Å²) in [5.74, 6) is -3.62. The standard InChI is InChI=1S/C29H30F4O2/c1-3-34-17-22-12-13-23(27(31)26(22)30)21-10-6-19(7-11-21)16-35-25-15-14-24(28(32)29(25)33)20-8-4-18(2)5-9-20/h4-5,8-9,12-15,19,21H,3,6-7,10-11,16-17H2,1-2H3. The molecule has 0 radical (unpaired) electrons. The minimum Gasteiger partial charge on any atom is -0.490 e. The number of hydrogen-bond donors (Lipinski definition) is 0. The van der Waals surface area contributed by atoms with E-state index in [-0.39, 0.29) is 41.9 Å². The molecule has 0 spiro atoms. The van der Waals surface area contributed by atoms with Crippen LogP contribution in [0.25, 0.3) is 11.1 Å². The maximum atomic E-state index is 14.7. The molecular weight excluding hydrogens is 456 g/mol. The first-order chi connectivity index (χ1) is 16.9. The van der Waals surface area contributed by atoms with E-state index in [2.05, 4.69) is 0 Å². The van der Waals surface area contributed by atoms with Crippen molar-refractivity contribution in [2.24, 2.45) is 5.92 Å². The van der Waals surface area contributed by atoms with Crippen molar-refractivity contribution < 1.29 is 27.0 Å². The summed E-state index contributed by atoms with van der Waals surface area (Å²) in [6.07, 6.45) is 2.83. The normalized spacial score (nSPS) is 18.0. The van der Waals surface area contributed by atoms with Gasteiger partial charge in [-0.15, -0.1) is 0 Å². The molecule has 3 aromatic carbocycles. The molecule has 186 valence electrons. The molecule has 3 aromatic rings. The first-order valence-corrected chi connectivity index (χ1v) is 12.1. The summed E-state index contributed by atoms with van der Waals surface area (Å²) in [5, 5.41) is 0. The van der Waals surface area contributed by atoms with Crippen LogP contribution >= 0.6 is 0 Å². The van der Waals surface area contributed by atoms with E-state index in [1.165, 1.54) is 12.1 Å². The number of ether oxygens (including phenoxy) is 2. The summed E-state index contributed by atoms with van der Waals surface area (Å²) in [4.78, 5) is 0. The summed E-state index contributed by atoms with van der Waals surface area (Å²) in [6.45, 7) is 4.46. The summed E-state index contributed by atoms with van der Waals surface area (Å²) in [7, 11) is 0.